The van der Waals surface area contributed by atoms with Gasteiger partial charge >= 0.3 is 11.8 Å². The SMILES string of the molecule is CC(=O)N(CCN)C(=O)C(=O)Nc1ccc(F)cc1F. The minimum atomic E-state index is -1.21. The maximum absolute atomic E-state index is 13.3. The minimum Gasteiger partial charge on any atom is -0.329 e. The summed E-state index contributed by atoms with van der Waals surface area (Å²) in [4.78, 5) is 35.1. The van der Waals surface area contributed by atoms with Gasteiger partial charge in [-0.1, -0.05) is 0 Å². The highest BCUT2D eigenvalue weighted by molar-refractivity contribution is 6.41. The molecule has 0 aliphatic rings. The first kappa shape index (κ1) is 15.7. The lowest BCUT2D eigenvalue weighted by Gasteiger charge is -2.17. The molecule has 0 fully saturated rings. The fourth-order valence-corrected chi connectivity index (χ4v) is 1.42. The molecule has 0 heterocycles. The lowest BCUT2D eigenvalue weighted by atomic mass is 10.3. The van der Waals surface area contributed by atoms with Crippen LogP contribution >= 0.6 is 0 Å². The topological polar surface area (TPSA) is 92.5 Å². The second-order valence-corrected chi connectivity index (χ2v) is 3.84. The molecule has 0 spiro atoms. The summed E-state index contributed by atoms with van der Waals surface area (Å²) >= 11 is 0. The number of nitrogens with zero attached hydrogens (tertiary/aromatic N) is 1. The van der Waals surface area contributed by atoms with E-state index in [4.69, 9.17) is 5.73 Å². The molecule has 1 aromatic carbocycles. The zero-order valence-corrected chi connectivity index (χ0v) is 10.7. The number of amides is 3. The zero-order chi connectivity index (χ0) is 15.3. The second-order valence-electron chi connectivity index (χ2n) is 3.84. The molecule has 0 radical (unpaired) electrons. The Morgan fingerprint density at radius 1 is 1.30 bits per heavy atom. The summed E-state index contributed by atoms with van der Waals surface area (Å²) in [6, 6.07) is 2.45. The molecule has 0 unspecified atom stereocenters. The van der Waals surface area contributed by atoms with Crippen LogP contribution in [0, 0.1) is 11.6 Å². The number of halogens is 2. The zero-order valence-electron chi connectivity index (χ0n) is 10.7. The highest BCUT2D eigenvalue weighted by Crippen LogP contribution is 2.14. The van der Waals surface area contributed by atoms with Gasteiger partial charge in [0.05, 0.1) is 5.69 Å². The van der Waals surface area contributed by atoms with Gasteiger partial charge in [-0.25, -0.2) is 8.78 Å². The predicted octanol–water partition coefficient (Wildman–Crippen LogP) is 0.237. The summed E-state index contributed by atoms with van der Waals surface area (Å²) in [6.07, 6.45) is 0. The quantitative estimate of drug-likeness (QED) is 0.778. The summed E-state index contributed by atoms with van der Waals surface area (Å²) in [5.41, 5.74) is 4.86. The van der Waals surface area contributed by atoms with Crippen LogP contribution in [0.2, 0.25) is 0 Å². The van der Waals surface area contributed by atoms with Crippen LogP contribution in [0.3, 0.4) is 0 Å². The van der Waals surface area contributed by atoms with Crippen molar-refractivity contribution in [2.45, 2.75) is 6.92 Å². The number of anilines is 1. The van der Waals surface area contributed by atoms with E-state index in [0.29, 0.717) is 11.0 Å². The van der Waals surface area contributed by atoms with E-state index in [2.05, 4.69) is 0 Å². The first-order chi connectivity index (χ1) is 9.36. The monoisotopic (exact) mass is 285 g/mol. The molecule has 108 valence electrons. The molecule has 0 bridgehead atoms. The Morgan fingerprint density at radius 3 is 2.45 bits per heavy atom. The van der Waals surface area contributed by atoms with Crippen molar-refractivity contribution in [1.29, 1.82) is 0 Å². The van der Waals surface area contributed by atoms with E-state index in [9.17, 15) is 23.2 Å². The Labute approximate surface area is 113 Å². The van der Waals surface area contributed by atoms with Gasteiger partial charge in [-0.15, -0.1) is 0 Å². The maximum Gasteiger partial charge on any atom is 0.318 e. The molecule has 3 N–H and O–H groups in total. The molecule has 6 nitrogen and oxygen atoms in total. The molecule has 0 saturated carbocycles. The van der Waals surface area contributed by atoms with E-state index >= 15 is 0 Å². The third-order valence-electron chi connectivity index (χ3n) is 2.35. The van der Waals surface area contributed by atoms with Crippen LogP contribution in [0.15, 0.2) is 18.2 Å². The first-order valence-electron chi connectivity index (χ1n) is 5.65. The summed E-state index contributed by atoms with van der Waals surface area (Å²) in [7, 11) is 0. The third-order valence-corrected chi connectivity index (χ3v) is 2.35. The molecule has 0 atom stereocenters. The smallest absolute Gasteiger partial charge is 0.318 e. The van der Waals surface area contributed by atoms with Gasteiger partial charge in [-0.3, -0.25) is 19.3 Å². The highest BCUT2D eigenvalue weighted by Gasteiger charge is 2.25. The highest BCUT2D eigenvalue weighted by atomic mass is 19.1. The Balaban J connectivity index is 2.84. The van der Waals surface area contributed by atoms with E-state index < -0.39 is 29.4 Å². The van der Waals surface area contributed by atoms with Gasteiger partial charge in [0.1, 0.15) is 11.6 Å². The standard InChI is InChI=1S/C12H13F2N3O3/c1-7(18)17(5-4-15)12(20)11(19)16-10-3-2-8(13)6-9(10)14/h2-3,6H,4-5,15H2,1H3,(H,16,19). The lowest BCUT2D eigenvalue weighted by Crippen LogP contribution is -2.44. The number of hydrogen-bond donors (Lipinski definition) is 2. The van der Waals surface area contributed by atoms with Crippen LogP contribution in [0.5, 0.6) is 0 Å². The Kier molecular flexibility index (Phi) is 5.27. The average Bonchev–Trinajstić information content (AvgIpc) is 2.38. The van der Waals surface area contributed by atoms with Gasteiger partial charge in [0.25, 0.3) is 0 Å². The van der Waals surface area contributed by atoms with E-state index in [0.717, 1.165) is 19.1 Å². The number of benzene rings is 1. The molecule has 3 amide bonds. The molecule has 8 heteroatoms. The minimum absolute atomic E-state index is 0.0104. The molecule has 0 saturated heterocycles. The van der Waals surface area contributed by atoms with Gasteiger partial charge in [-0.2, -0.15) is 0 Å². The van der Waals surface area contributed by atoms with Gasteiger partial charge < -0.3 is 11.1 Å². The molecule has 0 aliphatic heterocycles. The third kappa shape index (κ3) is 3.82. The second kappa shape index (κ2) is 6.71. The average molecular weight is 285 g/mol. The lowest BCUT2D eigenvalue weighted by molar-refractivity contribution is -0.149. The number of nitrogens with one attached hydrogen (secondary N) is 1. The van der Waals surface area contributed by atoms with Gasteiger partial charge in [-0.05, 0) is 12.1 Å². The van der Waals surface area contributed by atoms with Gasteiger partial charge in [0, 0.05) is 26.1 Å². The number of rotatable bonds is 3. The van der Waals surface area contributed by atoms with E-state index in [1.165, 1.54) is 0 Å². The van der Waals surface area contributed by atoms with E-state index in [1.807, 2.05) is 5.32 Å². The van der Waals surface area contributed by atoms with Crippen molar-refractivity contribution in [3.63, 3.8) is 0 Å². The van der Waals surface area contributed by atoms with Crippen molar-refractivity contribution in [3.05, 3.63) is 29.8 Å². The largest absolute Gasteiger partial charge is 0.329 e. The predicted molar refractivity (Wildman–Crippen MR) is 66.4 cm³/mol. The fourth-order valence-electron chi connectivity index (χ4n) is 1.42. The summed E-state index contributed by atoms with van der Waals surface area (Å²) in [6.45, 7) is 0.955. The number of hydrogen-bond acceptors (Lipinski definition) is 4. The maximum atomic E-state index is 13.3. The van der Waals surface area contributed by atoms with Crippen molar-refractivity contribution < 1.29 is 23.2 Å². The fraction of sp³-hybridized carbons (Fsp3) is 0.250. The molecule has 1 aromatic rings. The Bertz CT molecular complexity index is 549. The molecular formula is C12H13F2N3O3. The number of carbonyl (C=O) groups excluding carboxylic acids is 3. The number of imide groups is 1. The Morgan fingerprint density at radius 2 is 1.95 bits per heavy atom. The van der Waals surface area contributed by atoms with Crippen molar-refractivity contribution in [2.75, 3.05) is 18.4 Å². The Hall–Kier alpha value is -2.35. The normalized spacial score (nSPS) is 10.0. The van der Waals surface area contributed by atoms with Crippen molar-refractivity contribution in [1.82, 2.24) is 4.90 Å². The van der Waals surface area contributed by atoms with E-state index in [1.54, 1.807) is 0 Å². The van der Waals surface area contributed by atoms with Crippen LogP contribution in [-0.2, 0) is 14.4 Å². The molecular weight excluding hydrogens is 272 g/mol. The first-order valence-corrected chi connectivity index (χ1v) is 5.65. The molecule has 1 rings (SSSR count). The molecule has 20 heavy (non-hydrogen) atoms. The molecule has 0 aromatic heterocycles. The van der Waals surface area contributed by atoms with Crippen LogP contribution in [0.1, 0.15) is 6.92 Å². The van der Waals surface area contributed by atoms with Crippen LogP contribution in [0.4, 0.5) is 14.5 Å². The summed E-state index contributed by atoms with van der Waals surface area (Å²) in [5, 5.41) is 1.97. The van der Waals surface area contributed by atoms with Crippen LogP contribution in [-0.4, -0.2) is 35.7 Å². The summed E-state index contributed by atoms with van der Waals surface area (Å²) in [5.74, 6) is -4.87. The summed E-state index contributed by atoms with van der Waals surface area (Å²) < 4.78 is 26.0. The van der Waals surface area contributed by atoms with Crippen LogP contribution < -0.4 is 11.1 Å². The van der Waals surface area contributed by atoms with Crippen molar-refractivity contribution >= 4 is 23.4 Å². The van der Waals surface area contributed by atoms with Crippen LogP contribution in [0.25, 0.3) is 0 Å². The van der Waals surface area contributed by atoms with Crippen molar-refractivity contribution in [3.8, 4) is 0 Å². The van der Waals surface area contributed by atoms with Gasteiger partial charge in [0.2, 0.25) is 5.91 Å². The van der Waals surface area contributed by atoms with Gasteiger partial charge in [0.15, 0.2) is 0 Å². The van der Waals surface area contributed by atoms with Crippen molar-refractivity contribution in [2.24, 2.45) is 5.73 Å². The molecule has 0 aliphatic carbocycles. The number of nitrogens with two attached hydrogens (primary N) is 1. The number of carbonyl (C=O) groups is 3. The van der Waals surface area contributed by atoms with E-state index in [-0.39, 0.29) is 18.8 Å².